The van der Waals surface area contributed by atoms with E-state index in [1.807, 2.05) is 12.1 Å². The Kier molecular flexibility index (Phi) is 4.22. The molecule has 1 atom stereocenters. The molecular weight excluding hydrogens is 356 g/mol. The minimum absolute atomic E-state index is 0.265. The van der Waals surface area contributed by atoms with Gasteiger partial charge in [-0.05, 0) is 56.6 Å². The Bertz CT molecular complexity index is 690. The Morgan fingerprint density at radius 1 is 1.25 bits per heavy atom. The van der Waals surface area contributed by atoms with E-state index >= 15 is 0 Å². The molecule has 0 radical (unpaired) electrons. The Hall–Kier alpha value is -0.563. The fourth-order valence-corrected chi connectivity index (χ4v) is 7.79. The predicted molar refractivity (Wildman–Crippen MR) is 105 cm³/mol. The maximum Gasteiger partial charge on any atom is 0.242 e. The zero-order chi connectivity index (χ0) is 16.9. The van der Waals surface area contributed by atoms with Crippen LogP contribution in [0.1, 0.15) is 24.8 Å². The number of hydrogen-bond acceptors (Lipinski definition) is 5. The molecule has 1 aliphatic carbocycles. The minimum Gasteiger partial charge on any atom is -0.544 e. The highest BCUT2D eigenvalue weighted by Gasteiger charge is 2.43. The molecule has 1 spiro atoms. The van der Waals surface area contributed by atoms with Gasteiger partial charge in [0.05, 0.1) is 4.08 Å². The maximum absolute atomic E-state index is 10.6. The molecule has 0 amide bonds. The van der Waals surface area contributed by atoms with E-state index in [4.69, 9.17) is 9.16 Å². The summed E-state index contributed by atoms with van der Waals surface area (Å²) in [5.74, 6) is 4.05. The number of allylic oxidation sites excluding steroid dienone is 1. The number of aliphatic hydroxyl groups is 1. The van der Waals surface area contributed by atoms with Crippen LogP contribution < -0.4 is 9.16 Å². The summed E-state index contributed by atoms with van der Waals surface area (Å²) in [4.78, 5) is 0. The standard InChI is InChI=1S/C18H24O3S2Si/c1-24(2,3)21-12-4-5-14-13-6-7-18(22-8-9-23-18)11-15(13)17(19)20-16(14)10-12/h4-5,10,17,19H,6-9,11H2,1-3H3. The van der Waals surface area contributed by atoms with Crippen LogP contribution >= 0.6 is 23.5 Å². The molecule has 130 valence electrons. The van der Waals surface area contributed by atoms with Crippen LogP contribution in [-0.4, -0.2) is 35.3 Å². The molecule has 1 unspecified atom stereocenters. The van der Waals surface area contributed by atoms with Gasteiger partial charge in [0.25, 0.3) is 0 Å². The van der Waals surface area contributed by atoms with Crippen molar-refractivity contribution in [1.82, 2.24) is 0 Å². The molecule has 0 bridgehead atoms. The van der Waals surface area contributed by atoms with Gasteiger partial charge in [-0.25, -0.2) is 0 Å². The lowest BCUT2D eigenvalue weighted by atomic mass is 9.84. The Morgan fingerprint density at radius 3 is 2.71 bits per heavy atom. The second kappa shape index (κ2) is 6.00. The molecule has 4 rings (SSSR count). The number of fused-ring (bicyclic) bond motifs is 2. The summed E-state index contributed by atoms with van der Waals surface area (Å²) in [5.41, 5.74) is 3.53. The SMILES string of the molecule is C[Si](C)(C)Oc1ccc2c(c1)OC(O)C1=C2CCC2(C1)SCCS2. The van der Waals surface area contributed by atoms with Crippen molar-refractivity contribution in [3.8, 4) is 11.5 Å². The largest absolute Gasteiger partial charge is 0.544 e. The second-order valence-electron chi connectivity index (χ2n) is 7.63. The second-order valence-corrected chi connectivity index (χ2v) is 15.3. The molecule has 1 aromatic carbocycles. The lowest BCUT2D eigenvalue weighted by Gasteiger charge is -2.39. The van der Waals surface area contributed by atoms with E-state index < -0.39 is 14.6 Å². The van der Waals surface area contributed by atoms with E-state index in [0.29, 0.717) is 0 Å². The van der Waals surface area contributed by atoms with Gasteiger partial charge in [0.15, 0.2) is 0 Å². The third kappa shape index (κ3) is 3.14. The molecule has 3 aliphatic rings. The first-order valence-electron chi connectivity index (χ1n) is 8.53. The topological polar surface area (TPSA) is 38.7 Å². The van der Waals surface area contributed by atoms with Crippen LogP contribution in [0.25, 0.3) is 5.57 Å². The molecule has 3 nitrogen and oxygen atoms in total. The normalized spacial score (nSPS) is 25.2. The average Bonchev–Trinajstić information content (AvgIpc) is 2.94. The number of aliphatic hydroxyl groups excluding tert-OH is 1. The van der Waals surface area contributed by atoms with Gasteiger partial charge in [0, 0.05) is 28.7 Å². The number of thioether (sulfide) groups is 2. The number of rotatable bonds is 2. The van der Waals surface area contributed by atoms with Gasteiger partial charge >= 0.3 is 0 Å². The molecular formula is C18H24O3S2Si. The van der Waals surface area contributed by atoms with Crippen molar-refractivity contribution >= 4 is 37.4 Å². The number of ether oxygens (including phenoxy) is 1. The summed E-state index contributed by atoms with van der Waals surface area (Å²) in [5, 5.41) is 10.6. The molecule has 2 aliphatic heterocycles. The maximum atomic E-state index is 10.6. The van der Waals surface area contributed by atoms with Crippen LogP contribution in [0, 0.1) is 0 Å². The van der Waals surface area contributed by atoms with Crippen LogP contribution in [0.3, 0.4) is 0 Å². The van der Waals surface area contributed by atoms with Crippen LogP contribution in [0.4, 0.5) is 0 Å². The first-order chi connectivity index (χ1) is 11.4. The van der Waals surface area contributed by atoms with Gasteiger partial charge in [0.1, 0.15) is 11.5 Å². The van der Waals surface area contributed by atoms with Crippen molar-refractivity contribution < 1.29 is 14.3 Å². The summed E-state index contributed by atoms with van der Waals surface area (Å²) in [6, 6.07) is 6.11. The van der Waals surface area contributed by atoms with Crippen molar-refractivity contribution in [2.24, 2.45) is 0 Å². The van der Waals surface area contributed by atoms with Gasteiger partial charge < -0.3 is 14.3 Å². The van der Waals surface area contributed by atoms with Crippen molar-refractivity contribution in [2.75, 3.05) is 11.5 Å². The highest BCUT2D eigenvalue weighted by atomic mass is 32.2. The molecule has 1 N–H and O–H groups in total. The Labute approximate surface area is 153 Å². The molecule has 6 heteroatoms. The monoisotopic (exact) mass is 380 g/mol. The summed E-state index contributed by atoms with van der Waals surface area (Å²) < 4.78 is 12.2. The fourth-order valence-electron chi connectivity index (χ4n) is 3.71. The number of benzene rings is 1. The van der Waals surface area contributed by atoms with Gasteiger partial charge in [-0.3, -0.25) is 0 Å². The third-order valence-electron chi connectivity index (χ3n) is 4.66. The average molecular weight is 381 g/mol. The quantitative estimate of drug-likeness (QED) is 0.751. The van der Waals surface area contributed by atoms with Crippen molar-refractivity contribution in [3.63, 3.8) is 0 Å². The highest BCUT2D eigenvalue weighted by molar-refractivity contribution is 8.21. The predicted octanol–water partition coefficient (Wildman–Crippen LogP) is 4.72. The van der Waals surface area contributed by atoms with Gasteiger partial charge in [-0.2, -0.15) is 0 Å². The van der Waals surface area contributed by atoms with E-state index in [1.165, 1.54) is 23.5 Å². The van der Waals surface area contributed by atoms with Gasteiger partial charge in [0.2, 0.25) is 14.6 Å². The zero-order valence-electron chi connectivity index (χ0n) is 14.4. The molecule has 1 aromatic rings. The Morgan fingerprint density at radius 2 is 2.00 bits per heavy atom. The van der Waals surface area contributed by atoms with Gasteiger partial charge in [-0.1, -0.05) is 0 Å². The van der Waals surface area contributed by atoms with Crippen molar-refractivity contribution in [2.45, 2.75) is 49.3 Å². The lowest BCUT2D eigenvalue weighted by Crippen LogP contribution is -2.33. The van der Waals surface area contributed by atoms with E-state index in [2.05, 4.69) is 49.2 Å². The van der Waals surface area contributed by atoms with Crippen LogP contribution in [0.2, 0.25) is 19.6 Å². The summed E-state index contributed by atoms with van der Waals surface area (Å²) >= 11 is 4.12. The van der Waals surface area contributed by atoms with E-state index in [0.717, 1.165) is 35.5 Å². The molecule has 24 heavy (non-hydrogen) atoms. The van der Waals surface area contributed by atoms with E-state index in [9.17, 15) is 5.11 Å². The highest BCUT2D eigenvalue weighted by Crippen LogP contribution is 2.57. The molecule has 0 saturated carbocycles. The van der Waals surface area contributed by atoms with Gasteiger partial charge in [-0.15, -0.1) is 23.5 Å². The smallest absolute Gasteiger partial charge is 0.242 e. The summed E-state index contributed by atoms with van der Waals surface area (Å²) in [7, 11) is -1.65. The zero-order valence-corrected chi connectivity index (χ0v) is 17.1. The molecule has 1 saturated heterocycles. The summed E-state index contributed by atoms with van der Waals surface area (Å²) in [6.45, 7) is 6.50. The third-order valence-corrected chi connectivity index (χ3v) is 9.04. The molecule has 1 fully saturated rings. The molecule has 0 aromatic heterocycles. The fraction of sp³-hybridized carbons (Fsp3) is 0.556. The lowest BCUT2D eigenvalue weighted by molar-refractivity contribution is 0.00813. The van der Waals surface area contributed by atoms with Crippen LogP contribution in [0.5, 0.6) is 11.5 Å². The van der Waals surface area contributed by atoms with Crippen LogP contribution in [0.15, 0.2) is 23.8 Å². The number of hydrogen-bond donors (Lipinski definition) is 1. The van der Waals surface area contributed by atoms with E-state index in [1.54, 1.807) is 0 Å². The van der Waals surface area contributed by atoms with Crippen LogP contribution in [-0.2, 0) is 0 Å². The first-order valence-corrected chi connectivity index (χ1v) is 13.9. The molecule has 2 heterocycles. The first kappa shape index (κ1) is 16.9. The Balaban J connectivity index is 1.67. The minimum atomic E-state index is -1.65. The van der Waals surface area contributed by atoms with Crippen molar-refractivity contribution in [3.05, 3.63) is 29.3 Å². The summed E-state index contributed by atoms with van der Waals surface area (Å²) in [6.07, 6.45) is 2.33. The van der Waals surface area contributed by atoms with Crippen molar-refractivity contribution in [1.29, 1.82) is 0 Å². The van der Waals surface area contributed by atoms with E-state index in [-0.39, 0.29) is 4.08 Å².